The lowest BCUT2D eigenvalue weighted by molar-refractivity contribution is -0.131. The molecule has 1 aromatic heterocycles. The minimum atomic E-state index is -0.948. The maximum atomic E-state index is 12.7. The Balaban J connectivity index is 1.54. The Hall–Kier alpha value is -2.63. The van der Waals surface area contributed by atoms with E-state index in [1.54, 1.807) is 11.6 Å². The number of carbonyl (C=O) groups is 2. The maximum absolute atomic E-state index is 12.7. The van der Waals surface area contributed by atoms with E-state index in [0.717, 1.165) is 24.8 Å². The molecule has 0 bridgehead atoms. The Morgan fingerprint density at radius 1 is 1.14 bits per heavy atom. The molecular formula is C22H29N3O3. The van der Waals surface area contributed by atoms with Crippen molar-refractivity contribution in [2.75, 3.05) is 13.1 Å². The topological polar surface area (TPSA) is 75.4 Å². The zero-order valence-corrected chi connectivity index (χ0v) is 16.9. The van der Waals surface area contributed by atoms with Gasteiger partial charge in [-0.25, -0.2) is 4.79 Å². The van der Waals surface area contributed by atoms with E-state index in [-0.39, 0.29) is 17.5 Å². The van der Waals surface area contributed by atoms with Crippen LogP contribution in [-0.4, -0.2) is 44.8 Å². The largest absolute Gasteiger partial charge is 0.478 e. The molecule has 150 valence electrons. The minimum absolute atomic E-state index is 0.146. The average molecular weight is 383 g/mol. The van der Waals surface area contributed by atoms with E-state index < -0.39 is 5.97 Å². The number of nitrogens with zero attached hydrogens (tertiary/aromatic N) is 3. The molecule has 1 amide bonds. The number of carboxylic acid groups (broad SMARTS) is 1. The number of amides is 1. The molecule has 2 heterocycles. The van der Waals surface area contributed by atoms with Gasteiger partial charge in [-0.05, 0) is 43.2 Å². The number of piperidine rings is 1. The van der Waals surface area contributed by atoms with Crippen molar-refractivity contribution in [3.63, 3.8) is 0 Å². The highest BCUT2D eigenvalue weighted by atomic mass is 16.4. The monoisotopic (exact) mass is 383 g/mol. The molecule has 6 nitrogen and oxygen atoms in total. The van der Waals surface area contributed by atoms with Crippen molar-refractivity contribution >= 4 is 11.9 Å². The van der Waals surface area contributed by atoms with Crippen LogP contribution >= 0.6 is 0 Å². The highest BCUT2D eigenvalue weighted by molar-refractivity contribution is 5.88. The molecule has 6 heteroatoms. The van der Waals surface area contributed by atoms with Crippen molar-refractivity contribution in [2.45, 2.75) is 52.5 Å². The average Bonchev–Trinajstić information content (AvgIpc) is 3.04. The first-order valence-electron chi connectivity index (χ1n) is 9.98. The smallest absolute Gasteiger partial charge is 0.339 e. The fourth-order valence-electron chi connectivity index (χ4n) is 3.91. The van der Waals surface area contributed by atoms with E-state index >= 15 is 0 Å². The van der Waals surface area contributed by atoms with Crippen molar-refractivity contribution in [3.8, 4) is 0 Å². The molecule has 0 aliphatic carbocycles. The van der Waals surface area contributed by atoms with Gasteiger partial charge in [0.25, 0.3) is 0 Å². The summed E-state index contributed by atoms with van der Waals surface area (Å²) in [4.78, 5) is 25.8. The quantitative estimate of drug-likeness (QED) is 0.828. The fraction of sp³-hybridized carbons (Fsp3) is 0.500. The van der Waals surface area contributed by atoms with Crippen LogP contribution in [0.4, 0.5) is 0 Å². The van der Waals surface area contributed by atoms with Gasteiger partial charge in [-0.2, -0.15) is 5.10 Å². The molecule has 28 heavy (non-hydrogen) atoms. The normalized spacial score (nSPS) is 15.2. The Kier molecular flexibility index (Phi) is 6.17. The van der Waals surface area contributed by atoms with E-state index in [2.05, 4.69) is 43.2 Å². The van der Waals surface area contributed by atoms with Gasteiger partial charge in [0.15, 0.2) is 0 Å². The van der Waals surface area contributed by atoms with Crippen LogP contribution < -0.4 is 0 Å². The fourth-order valence-corrected chi connectivity index (χ4v) is 3.91. The summed E-state index contributed by atoms with van der Waals surface area (Å²) in [5, 5.41) is 13.4. The Morgan fingerprint density at radius 3 is 2.29 bits per heavy atom. The zero-order chi connectivity index (χ0) is 20.3. The number of carboxylic acids is 1. The van der Waals surface area contributed by atoms with Gasteiger partial charge in [0, 0.05) is 13.1 Å². The summed E-state index contributed by atoms with van der Waals surface area (Å²) in [6.07, 6.45) is 4.48. The van der Waals surface area contributed by atoms with Crippen LogP contribution in [0.25, 0.3) is 0 Å². The van der Waals surface area contributed by atoms with Crippen LogP contribution in [0, 0.1) is 12.8 Å². The maximum Gasteiger partial charge on any atom is 0.339 e. The number of rotatable bonds is 6. The lowest BCUT2D eigenvalue weighted by atomic mass is 10.00. The van der Waals surface area contributed by atoms with Crippen molar-refractivity contribution in [1.82, 2.24) is 14.7 Å². The summed E-state index contributed by atoms with van der Waals surface area (Å²) < 4.78 is 1.80. The Bertz CT molecular complexity index is 831. The van der Waals surface area contributed by atoms with Gasteiger partial charge in [0.2, 0.25) is 5.91 Å². The van der Waals surface area contributed by atoms with E-state index in [1.165, 1.54) is 11.8 Å². The molecule has 0 radical (unpaired) electrons. The second-order valence-electron chi connectivity index (χ2n) is 8.10. The van der Waals surface area contributed by atoms with Crippen molar-refractivity contribution in [2.24, 2.45) is 5.92 Å². The molecule has 0 atom stereocenters. The SMILES string of the molecule is Cc1c(C(=O)O)cnn1C1CCN(C(=O)Cc2ccc(CC(C)C)cc2)CC1. The Labute approximate surface area is 166 Å². The third-order valence-corrected chi connectivity index (χ3v) is 5.46. The number of aromatic carboxylic acids is 1. The first-order chi connectivity index (χ1) is 13.3. The van der Waals surface area contributed by atoms with Crippen LogP contribution in [0.3, 0.4) is 0 Å². The van der Waals surface area contributed by atoms with E-state index in [0.29, 0.717) is 31.1 Å². The van der Waals surface area contributed by atoms with Gasteiger partial charge in [-0.15, -0.1) is 0 Å². The lowest BCUT2D eigenvalue weighted by Gasteiger charge is -2.32. The third-order valence-electron chi connectivity index (χ3n) is 5.46. The molecule has 0 spiro atoms. The zero-order valence-electron chi connectivity index (χ0n) is 16.9. The van der Waals surface area contributed by atoms with Crippen LogP contribution in [0.1, 0.15) is 59.9 Å². The predicted molar refractivity (Wildman–Crippen MR) is 107 cm³/mol. The first kappa shape index (κ1) is 20.1. The second-order valence-corrected chi connectivity index (χ2v) is 8.10. The molecule has 1 aromatic carbocycles. The first-order valence-corrected chi connectivity index (χ1v) is 9.98. The molecule has 2 aromatic rings. The number of hydrogen-bond donors (Lipinski definition) is 1. The van der Waals surface area contributed by atoms with Gasteiger partial charge in [0.05, 0.1) is 24.4 Å². The van der Waals surface area contributed by atoms with Gasteiger partial charge in [0.1, 0.15) is 5.56 Å². The molecule has 1 fully saturated rings. The van der Waals surface area contributed by atoms with Crippen molar-refractivity contribution in [3.05, 3.63) is 52.8 Å². The van der Waals surface area contributed by atoms with E-state index in [1.807, 2.05) is 4.90 Å². The molecule has 0 unspecified atom stereocenters. The second kappa shape index (κ2) is 8.59. The summed E-state index contributed by atoms with van der Waals surface area (Å²) in [5.74, 6) is -0.173. The van der Waals surface area contributed by atoms with Crippen molar-refractivity contribution < 1.29 is 14.7 Å². The highest BCUT2D eigenvalue weighted by Gasteiger charge is 2.26. The summed E-state index contributed by atoms with van der Waals surface area (Å²) in [6, 6.07) is 8.50. The summed E-state index contributed by atoms with van der Waals surface area (Å²) >= 11 is 0. The van der Waals surface area contributed by atoms with Gasteiger partial charge < -0.3 is 10.0 Å². The van der Waals surface area contributed by atoms with Crippen LogP contribution in [0.2, 0.25) is 0 Å². The number of likely N-dealkylation sites (tertiary alicyclic amines) is 1. The van der Waals surface area contributed by atoms with Gasteiger partial charge in [-0.3, -0.25) is 9.48 Å². The number of benzene rings is 1. The van der Waals surface area contributed by atoms with Gasteiger partial charge in [-0.1, -0.05) is 38.1 Å². The van der Waals surface area contributed by atoms with Crippen molar-refractivity contribution in [1.29, 1.82) is 0 Å². The molecule has 3 rings (SSSR count). The van der Waals surface area contributed by atoms with Crippen LogP contribution in [0.5, 0.6) is 0 Å². The lowest BCUT2D eigenvalue weighted by Crippen LogP contribution is -2.40. The number of carbonyl (C=O) groups excluding carboxylic acids is 1. The number of aromatic nitrogens is 2. The molecule has 1 saturated heterocycles. The Morgan fingerprint density at radius 2 is 1.75 bits per heavy atom. The van der Waals surface area contributed by atoms with Crippen LogP contribution in [0.15, 0.2) is 30.5 Å². The van der Waals surface area contributed by atoms with E-state index in [9.17, 15) is 14.7 Å². The van der Waals surface area contributed by atoms with Gasteiger partial charge >= 0.3 is 5.97 Å². The highest BCUT2D eigenvalue weighted by Crippen LogP contribution is 2.25. The molecule has 0 saturated carbocycles. The summed E-state index contributed by atoms with van der Waals surface area (Å²) in [6.45, 7) is 7.55. The summed E-state index contributed by atoms with van der Waals surface area (Å²) in [5.41, 5.74) is 3.29. The predicted octanol–water partition coefficient (Wildman–Crippen LogP) is 3.49. The molecule has 1 aliphatic heterocycles. The van der Waals surface area contributed by atoms with E-state index in [4.69, 9.17) is 0 Å². The number of hydrogen-bond acceptors (Lipinski definition) is 3. The third kappa shape index (κ3) is 4.61. The van der Waals surface area contributed by atoms with Crippen LogP contribution in [-0.2, 0) is 17.6 Å². The molecule has 1 aliphatic rings. The molecule has 1 N–H and O–H groups in total. The minimum Gasteiger partial charge on any atom is -0.478 e. The molecular weight excluding hydrogens is 354 g/mol. The standard InChI is InChI=1S/C22H29N3O3/c1-15(2)12-17-4-6-18(7-5-17)13-21(26)24-10-8-19(9-11-24)25-16(3)20(14-23-25)22(27)28/h4-7,14-15,19H,8-13H2,1-3H3,(H,27,28). The summed E-state index contributed by atoms with van der Waals surface area (Å²) in [7, 11) is 0.